The normalized spacial score (nSPS) is 18.6. The molecule has 9 nitrogen and oxygen atoms in total. The highest BCUT2D eigenvalue weighted by Gasteiger charge is 2.30. The lowest BCUT2D eigenvalue weighted by atomic mass is 10.1. The monoisotopic (exact) mass is 474 g/mol. The van der Waals surface area contributed by atoms with E-state index in [0.29, 0.717) is 74.4 Å². The molecular formula is C23H28F2N6O3. The molecule has 2 aliphatic heterocycles. The Bertz CT molecular complexity index is 1180. The van der Waals surface area contributed by atoms with Crippen molar-refractivity contribution in [1.82, 2.24) is 19.5 Å². The molecule has 0 unspecified atom stereocenters. The first kappa shape index (κ1) is 22.7. The maximum Gasteiger partial charge on any atom is 0.296 e. The van der Waals surface area contributed by atoms with Crippen molar-refractivity contribution < 1.29 is 23.0 Å². The van der Waals surface area contributed by atoms with Crippen molar-refractivity contribution in [3.8, 4) is 11.7 Å². The number of hydrogen-bond acceptors (Lipinski definition) is 8. The molecule has 2 saturated heterocycles. The average Bonchev–Trinajstić information content (AvgIpc) is 3.24. The van der Waals surface area contributed by atoms with E-state index >= 15 is 0 Å². The fourth-order valence-electron chi connectivity index (χ4n) is 4.45. The van der Waals surface area contributed by atoms with Crippen LogP contribution in [0, 0.1) is 0 Å². The SMILES string of the molecule is COc1cccc2c1nc(C(F)F)n2-c1nc(N2CCOCC2)cc(N2CCOC(C)(C)C2)n1. The molecule has 0 aliphatic carbocycles. The number of ether oxygens (including phenoxy) is 3. The van der Waals surface area contributed by atoms with Gasteiger partial charge in [-0.25, -0.2) is 13.8 Å². The molecular weight excluding hydrogens is 446 g/mol. The predicted octanol–water partition coefficient (Wildman–Crippen LogP) is 3.21. The number of methoxy groups -OCH3 is 1. The molecule has 0 saturated carbocycles. The molecule has 4 heterocycles. The third-order valence-electron chi connectivity index (χ3n) is 6.06. The summed E-state index contributed by atoms with van der Waals surface area (Å²) >= 11 is 0. The van der Waals surface area contributed by atoms with E-state index in [4.69, 9.17) is 24.2 Å². The molecule has 11 heteroatoms. The topological polar surface area (TPSA) is 77.8 Å². The smallest absolute Gasteiger partial charge is 0.296 e. The number of anilines is 2. The first-order chi connectivity index (χ1) is 16.4. The van der Waals surface area contributed by atoms with E-state index in [1.54, 1.807) is 18.2 Å². The molecule has 1 aromatic carbocycles. The van der Waals surface area contributed by atoms with Gasteiger partial charge in [0.2, 0.25) is 5.95 Å². The Morgan fingerprint density at radius 1 is 1.00 bits per heavy atom. The molecule has 0 N–H and O–H groups in total. The van der Waals surface area contributed by atoms with Crippen molar-refractivity contribution in [2.75, 3.05) is 62.9 Å². The Morgan fingerprint density at radius 2 is 1.71 bits per heavy atom. The number of para-hydroxylation sites is 1. The number of benzene rings is 1. The highest BCUT2D eigenvalue weighted by atomic mass is 19.3. The van der Waals surface area contributed by atoms with Gasteiger partial charge in [0, 0.05) is 32.2 Å². The fourth-order valence-corrected chi connectivity index (χ4v) is 4.45. The third-order valence-corrected chi connectivity index (χ3v) is 6.06. The van der Waals surface area contributed by atoms with Gasteiger partial charge >= 0.3 is 0 Å². The number of imidazole rings is 1. The summed E-state index contributed by atoms with van der Waals surface area (Å²) in [6, 6.07) is 7.07. The molecule has 182 valence electrons. The average molecular weight is 475 g/mol. The van der Waals surface area contributed by atoms with Gasteiger partial charge < -0.3 is 24.0 Å². The van der Waals surface area contributed by atoms with E-state index in [1.165, 1.54) is 11.7 Å². The highest BCUT2D eigenvalue weighted by Crippen LogP contribution is 2.33. The summed E-state index contributed by atoms with van der Waals surface area (Å²) in [5.41, 5.74) is 0.447. The van der Waals surface area contributed by atoms with Crippen LogP contribution in [0.3, 0.4) is 0 Å². The zero-order valence-electron chi connectivity index (χ0n) is 19.5. The van der Waals surface area contributed by atoms with Gasteiger partial charge in [-0.05, 0) is 26.0 Å². The van der Waals surface area contributed by atoms with Gasteiger partial charge in [0.15, 0.2) is 5.82 Å². The molecule has 34 heavy (non-hydrogen) atoms. The van der Waals surface area contributed by atoms with E-state index in [9.17, 15) is 8.78 Å². The maximum atomic E-state index is 14.2. The minimum absolute atomic E-state index is 0.148. The quantitative estimate of drug-likeness (QED) is 0.558. The van der Waals surface area contributed by atoms with E-state index in [0.717, 1.165) is 0 Å². The van der Waals surface area contributed by atoms with Gasteiger partial charge in [-0.3, -0.25) is 4.57 Å². The zero-order chi connectivity index (χ0) is 23.9. The van der Waals surface area contributed by atoms with E-state index in [1.807, 2.05) is 19.9 Å². The first-order valence-electron chi connectivity index (χ1n) is 11.3. The summed E-state index contributed by atoms with van der Waals surface area (Å²) in [6.07, 6.45) is -2.82. The van der Waals surface area contributed by atoms with Crippen molar-refractivity contribution >= 4 is 22.7 Å². The van der Waals surface area contributed by atoms with Crippen molar-refractivity contribution in [1.29, 1.82) is 0 Å². The molecule has 3 aromatic rings. The van der Waals surface area contributed by atoms with Crippen LogP contribution in [0.15, 0.2) is 24.3 Å². The summed E-state index contributed by atoms with van der Waals surface area (Å²) in [7, 11) is 1.49. The summed E-state index contributed by atoms with van der Waals surface area (Å²) in [5, 5.41) is 0. The number of halogens is 2. The van der Waals surface area contributed by atoms with Gasteiger partial charge in [-0.15, -0.1) is 0 Å². The largest absolute Gasteiger partial charge is 0.494 e. The lowest BCUT2D eigenvalue weighted by Crippen LogP contribution is -2.48. The van der Waals surface area contributed by atoms with Gasteiger partial charge in [0.1, 0.15) is 22.9 Å². The minimum Gasteiger partial charge on any atom is -0.494 e. The number of hydrogen-bond donors (Lipinski definition) is 0. The molecule has 0 spiro atoms. The molecule has 2 fully saturated rings. The van der Waals surface area contributed by atoms with Gasteiger partial charge in [-0.1, -0.05) is 6.07 Å². The number of fused-ring (bicyclic) bond motifs is 1. The summed E-state index contributed by atoms with van der Waals surface area (Å²) < 4.78 is 46.4. The second-order valence-corrected chi connectivity index (χ2v) is 8.95. The van der Waals surface area contributed by atoms with Crippen LogP contribution in [0.1, 0.15) is 26.1 Å². The van der Waals surface area contributed by atoms with Crippen molar-refractivity contribution in [3.63, 3.8) is 0 Å². The molecule has 0 amide bonds. The van der Waals surface area contributed by atoms with Crippen LogP contribution in [-0.2, 0) is 9.47 Å². The third kappa shape index (κ3) is 4.25. The van der Waals surface area contributed by atoms with Crippen LogP contribution in [0.4, 0.5) is 20.4 Å². The molecule has 0 atom stereocenters. The summed E-state index contributed by atoms with van der Waals surface area (Å²) in [4.78, 5) is 17.9. The van der Waals surface area contributed by atoms with E-state index in [-0.39, 0.29) is 11.5 Å². The number of rotatable bonds is 5. The van der Waals surface area contributed by atoms with Crippen molar-refractivity contribution in [2.45, 2.75) is 25.9 Å². The lowest BCUT2D eigenvalue weighted by Gasteiger charge is -2.39. The van der Waals surface area contributed by atoms with Crippen molar-refractivity contribution in [2.24, 2.45) is 0 Å². The van der Waals surface area contributed by atoms with Crippen LogP contribution in [-0.4, -0.2) is 78.2 Å². The standard InChI is InChI=1S/C23H28F2N6O3/c1-23(2)14-30(9-12-34-23)18-13-17(29-7-10-33-11-8-29)26-22(27-18)31-15-5-4-6-16(32-3)19(15)28-21(31)20(24)25/h4-6,13,20H,7-12,14H2,1-3H3. The number of alkyl halides is 2. The zero-order valence-corrected chi connectivity index (χ0v) is 19.5. The molecule has 2 aromatic heterocycles. The number of nitrogens with zero attached hydrogens (tertiary/aromatic N) is 6. The van der Waals surface area contributed by atoms with Crippen LogP contribution < -0.4 is 14.5 Å². The van der Waals surface area contributed by atoms with Crippen molar-refractivity contribution in [3.05, 3.63) is 30.1 Å². The van der Waals surface area contributed by atoms with E-state index < -0.39 is 12.2 Å². The minimum atomic E-state index is -2.82. The summed E-state index contributed by atoms with van der Waals surface area (Å²) in [6.45, 7) is 8.32. The maximum absolute atomic E-state index is 14.2. The Balaban J connectivity index is 1.69. The van der Waals surface area contributed by atoms with Crippen LogP contribution in [0.5, 0.6) is 5.75 Å². The Kier molecular flexibility index (Phi) is 5.98. The molecule has 2 aliphatic rings. The molecule has 0 bridgehead atoms. The predicted molar refractivity (Wildman–Crippen MR) is 123 cm³/mol. The fraction of sp³-hybridized carbons (Fsp3) is 0.522. The Hall–Kier alpha value is -3.05. The lowest BCUT2D eigenvalue weighted by molar-refractivity contribution is -0.0279. The molecule has 5 rings (SSSR count). The number of morpholine rings is 2. The second kappa shape index (κ2) is 8.95. The Morgan fingerprint density at radius 3 is 2.38 bits per heavy atom. The van der Waals surface area contributed by atoms with E-state index in [2.05, 4.69) is 14.8 Å². The van der Waals surface area contributed by atoms with Gasteiger partial charge in [-0.2, -0.15) is 9.97 Å². The highest BCUT2D eigenvalue weighted by molar-refractivity contribution is 5.84. The Labute approximate surface area is 196 Å². The van der Waals surface area contributed by atoms with Crippen LogP contribution >= 0.6 is 0 Å². The van der Waals surface area contributed by atoms with Gasteiger partial charge in [0.25, 0.3) is 6.43 Å². The van der Waals surface area contributed by atoms with Crippen LogP contribution in [0.2, 0.25) is 0 Å². The summed E-state index contributed by atoms with van der Waals surface area (Å²) in [5.74, 6) is 1.46. The van der Waals surface area contributed by atoms with Gasteiger partial charge in [0.05, 0.1) is 38.0 Å². The number of aromatic nitrogens is 4. The van der Waals surface area contributed by atoms with Crippen LogP contribution in [0.25, 0.3) is 17.0 Å². The second-order valence-electron chi connectivity index (χ2n) is 8.95. The molecule has 0 radical (unpaired) electrons. The first-order valence-corrected chi connectivity index (χ1v) is 11.3.